The molecule has 0 bridgehead atoms. The summed E-state index contributed by atoms with van der Waals surface area (Å²) in [5.74, 6) is -1.31. The molecule has 1 N–H and O–H groups in total. The van der Waals surface area contributed by atoms with Crippen LogP contribution in [-0.2, 0) is 19.1 Å². The Balaban J connectivity index is 1.86. The minimum absolute atomic E-state index is 0.198. The quantitative estimate of drug-likeness (QED) is 0.240. The third-order valence-electron chi connectivity index (χ3n) is 6.96. The van der Waals surface area contributed by atoms with E-state index in [2.05, 4.69) is 28.7 Å². The lowest BCUT2D eigenvalue weighted by molar-refractivity contribution is -0.139. The van der Waals surface area contributed by atoms with E-state index in [0.29, 0.717) is 39.6 Å². The highest BCUT2D eigenvalue weighted by molar-refractivity contribution is 6.13. The minimum atomic E-state index is -0.798. The van der Waals surface area contributed by atoms with Crippen molar-refractivity contribution in [2.75, 3.05) is 13.2 Å². The number of nitrogens with one attached hydrogen (secondary N) is 1. The van der Waals surface area contributed by atoms with Gasteiger partial charge in [-0.2, -0.15) is 0 Å². The third kappa shape index (κ3) is 4.14. The molecular weight excluding hydrogens is 480 g/mol. The zero-order valence-electron chi connectivity index (χ0n) is 22.2. The molecular formula is C31H30N2O5. The van der Waals surface area contributed by atoms with Crippen LogP contribution in [-0.4, -0.2) is 30.3 Å². The van der Waals surface area contributed by atoms with Crippen molar-refractivity contribution in [3.8, 4) is 11.3 Å². The Morgan fingerprint density at radius 3 is 1.84 bits per heavy atom. The summed E-state index contributed by atoms with van der Waals surface area (Å²) < 4.78 is 16.8. The Hall–Kier alpha value is -4.39. The number of dihydropyridines is 1. The van der Waals surface area contributed by atoms with Crippen molar-refractivity contribution < 1.29 is 23.6 Å². The third-order valence-corrected chi connectivity index (χ3v) is 6.96. The highest BCUT2D eigenvalue weighted by Gasteiger charge is 2.42. The molecule has 0 saturated carbocycles. The Kier molecular flexibility index (Phi) is 6.76. The number of carbonyl (C=O) groups excluding carboxylic acids is 2. The van der Waals surface area contributed by atoms with Gasteiger partial charge >= 0.3 is 11.9 Å². The molecule has 0 aliphatic carbocycles. The number of esters is 2. The summed E-state index contributed by atoms with van der Waals surface area (Å²) in [5.41, 5.74) is 3.96. The van der Waals surface area contributed by atoms with Gasteiger partial charge in [-0.05, 0) is 62.2 Å². The zero-order chi connectivity index (χ0) is 27.0. The van der Waals surface area contributed by atoms with Crippen LogP contribution >= 0.6 is 0 Å². The molecule has 0 unspecified atom stereocenters. The first-order chi connectivity index (χ1) is 18.4. The standard InChI is InChI=1S/C31H30N2O5/c1-6-36-30(34)24-17(3)32-18(4)25(31(35)37-7-2)28(24)26-19(5)38-33-29(26)27-22-14-10-8-12-20(22)16-21-13-9-11-15-23(21)27/h8-16,28,32H,6-7H2,1-5H3. The van der Waals surface area contributed by atoms with Gasteiger partial charge in [0.05, 0.1) is 30.3 Å². The van der Waals surface area contributed by atoms with Gasteiger partial charge in [0.2, 0.25) is 0 Å². The van der Waals surface area contributed by atoms with E-state index in [1.807, 2.05) is 36.4 Å². The maximum atomic E-state index is 13.4. The van der Waals surface area contributed by atoms with Crippen LogP contribution in [0, 0.1) is 6.92 Å². The van der Waals surface area contributed by atoms with E-state index in [9.17, 15) is 9.59 Å². The number of hydrogen-bond donors (Lipinski definition) is 1. The SMILES string of the molecule is CCOC(=O)C1=C(C)NC(C)=C(C(=O)OCC)C1c1c(-c2c3ccccc3cc3ccccc23)noc1C. The Morgan fingerprint density at radius 2 is 1.34 bits per heavy atom. The number of ether oxygens (including phenoxy) is 2. The van der Waals surface area contributed by atoms with Crippen molar-refractivity contribution in [3.63, 3.8) is 0 Å². The number of rotatable bonds is 6. The molecule has 0 spiro atoms. The van der Waals surface area contributed by atoms with E-state index in [1.54, 1.807) is 34.6 Å². The molecule has 2 heterocycles. The van der Waals surface area contributed by atoms with Gasteiger partial charge in [0.1, 0.15) is 11.5 Å². The average molecular weight is 511 g/mol. The average Bonchev–Trinajstić information content (AvgIpc) is 3.27. The molecule has 7 heteroatoms. The molecule has 3 aromatic carbocycles. The van der Waals surface area contributed by atoms with Crippen molar-refractivity contribution in [1.82, 2.24) is 10.5 Å². The van der Waals surface area contributed by atoms with E-state index in [-0.39, 0.29) is 13.2 Å². The highest BCUT2D eigenvalue weighted by Crippen LogP contribution is 2.47. The predicted molar refractivity (Wildman–Crippen MR) is 146 cm³/mol. The van der Waals surface area contributed by atoms with Gasteiger partial charge in [0, 0.05) is 22.5 Å². The Labute approximate surface area is 221 Å². The number of nitrogens with zero attached hydrogens (tertiary/aromatic N) is 1. The smallest absolute Gasteiger partial charge is 0.336 e. The lowest BCUT2D eigenvalue weighted by atomic mass is 9.78. The normalized spacial score (nSPS) is 14.2. The Morgan fingerprint density at radius 1 is 0.842 bits per heavy atom. The predicted octanol–water partition coefficient (Wildman–Crippen LogP) is 6.32. The maximum absolute atomic E-state index is 13.4. The molecule has 0 fully saturated rings. The van der Waals surface area contributed by atoms with Crippen LogP contribution < -0.4 is 5.32 Å². The second kappa shape index (κ2) is 10.2. The van der Waals surface area contributed by atoms with Crippen LogP contribution in [0.3, 0.4) is 0 Å². The van der Waals surface area contributed by atoms with Crippen molar-refractivity contribution in [2.24, 2.45) is 0 Å². The molecule has 0 saturated heterocycles. The lowest BCUT2D eigenvalue weighted by Gasteiger charge is -2.30. The van der Waals surface area contributed by atoms with E-state index in [1.165, 1.54) is 0 Å². The maximum Gasteiger partial charge on any atom is 0.336 e. The van der Waals surface area contributed by atoms with E-state index >= 15 is 0 Å². The molecule has 194 valence electrons. The number of allylic oxidation sites excluding steroid dienone is 2. The van der Waals surface area contributed by atoms with Crippen LogP contribution in [0.5, 0.6) is 0 Å². The highest BCUT2D eigenvalue weighted by atomic mass is 16.5. The number of benzene rings is 3. The van der Waals surface area contributed by atoms with Gasteiger partial charge in [-0.25, -0.2) is 9.59 Å². The molecule has 38 heavy (non-hydrogen) atoms. The fraction of sp³-hybridized carbons (Fsp3) is 0.258. The topological polar surface area (TPSA) is 90.7 Å². The summed E-state index contributed by atoms with van der Waals surface area (Å²) in [7, 11) is 0. The van der Waals surface area contributed by atoms with Crippen molar-refractivity contribution in [1.29, 1.82) is 0 Å². The van der Waals surface area contributed by atoms with E-state index in [4.69, 9.17) is 14.0 Å². The summed E-state index contributed by atoms with van der Waals surface area (Å²) in [6, 6.07) is 18.3. The summed E-state index contributed by atoms with van der Waals surface area (Å²) in [4.78, 5) is 26.8. The van der Waals surface area contributed by atoms with Crippen LogP contribution in [0.1, 0.15) is 44.9 Å². The van der Waals surface area contributed by atoms with E-state index < -0.39 is 17.9 Å². The molecule has 5 rings (SSSR count). The van der Waals surface area contributed by atoms with Crippen LogP contribution in [0.15, 0.2) is 81.7 Å². The van der Waals surface area contributed by atoms with Gasteiger partial charge in [-0.1, -0.05) is 53.7 Å². The van der Waals surface area contributed by atoms with Crippen LogP contribution in [0.25, 0.3) is 32.8 Å². The fourth-order valence-corrected chi connectivity index (χ4v) is 5.41. The first kappa shape index (κ1) is 25.3. The first-order valence-corrected chi connectivity index (χ1v) is 12.8. The number of aryl methyl sites for hydroxylation is 1. The van der Waals surface area contributed by atoms with Crippen LogP contribution in [0.2, 0.25) is 0 Å². The largest absolute Gasteiger partial charge is 0.463 e. The van der Waals surface area contributed by atoms with Gasteiger partial charge < -0.3 is 19.3 Å². The van der Waals surface area contributed by atoms with Crippen molar-refractivity contribution in [2.45, 2.75) is 40.5 Å². The molecule has 1 aliphatic rings. The molecule has 1 aromatic heterocycles. The number of carbonyl (C=O) groups is 2. The molecule has 4 aromatic rings. The van der Waals surface area contributed by atoms with Crippen LogP contribution in [0.4, 0.5) is 0 Å². The van der Waals surface area contributed by atoms with Crippen molar-refractivity contribution in [3.05, 3.63) is 88.5 Å². The molecule has 0 atom stereocenters. The second-order valence-corrected chi connectivity index (χ2v) is 9.27. The van der Waals surface area contributed by atoms with Gasteiger partial charge in [0.15, 0.2) is 0 Å². The number of fused-ring (bicyclic) bond motifs is 2. The second-order valence-electron chi connectivity index (χ2n) is 9.27. The van der Waals surface area contributed by atoms with Gasteiger partial charge in [-0.15, -0.1) is 0 Å². The summed E-state index contributed by atoms with van der Waals surface area (Å²) in [6.07, 6.45) is 0. The zero-order valence-corrected chi connectivity index (χ0v) is 22.2. The van der Waals surface area contributed by atoms with E-state index in [0.717, 1.165) is 27.1 Å². The molecule has 1 aliphatic heterocycles. The van der Waals surface area contributed by atoms with Gasteiger partial charge in [-0.3, -0.25) is 0 Å². The summed E-state index contributed by atoms with van der Waals surface area (Å²) >= 11 is 0. The lowest BCUT2D eigenvalue weighted by Crippen LogP contribution is -2.33. The monoisotopic (exact) mass is 510 g/mol. The number of aromatic nitrogens is 1. The first-order valence-electron chi connectivity index (χ1n) is 12.8. The van der Waals surface area contributed by atoms with Gasteiger partial charge in [0.25, 0.3) is 0 Å². The molecule has 7 nitrogen and oxygen atoms in total. The fourth-order valence-electron chi connectivity index (χ4n) is 5.41. The van der Waals surface area contributed by atoms with Crippen molar-refractivity contribution >= 4 is 33.5 Å². The minimum Gasteiger partial charge on any atom is -0.463 e. The Bertz CT molecular complexity index is 1550. The number of hydrogen-bond acceptors (Lipinski definition) is 7. The molecule has 0 amide bonds. The molecule has 0 radical (unpaired) electrons. The summed E-state index contributed by atoms with van der Waals surface area (Å²) in [5, 5.41) is 11.8. The summed E-state index contributed by atoms with van der Waals surface area (Å²) in [6.45, 7) is 9.32.